The van der Waals surface area contributed by atoms with Crippen LogP contribution in [0.3, 0.4) is 0 Å². The van der Waals surface area contributed by atoms with Gasteiger partial charge in [-0.05, 0) is 36.4 Å². The topological polar surface area (TPSA) is 80.8 Å². The number of imide groups is 1. The highest BCUT2D eigenvalue weighted by molar-refractivity contribution is 6.35. The van der Waals surface area contributed by atoms with Crippen LogP contribution >= 0.6 is 11.6 Å². The first-order chi connectivity index (χ1) is 17.4. The molecule has 1 aliphatic heterocycles. The third-order valence-corrected chi connectivity index (χ3v) is 6.05. The van der Waals surface area contributed by atoms with Gasteiger partial charge in [-0.15, -0.1) is 0 Å². The number of esters is 1. The minimum Gasteiger partial charge on any atom is -0.445 e. The Labute approximate surface area is 211 Å². The summed E-state index contributed by atoms with van der Waals surface area (Å²) in [7, 11) is 0. The van der Waals surface area contributed by atoms with Crippen LogP contribution in [0.15, 0.2) is 103 Å². The van der Waals surface area contributed by atoms with E-state index >= 15 is 0 Å². The molecule has 0 N–H and O–H groups in total. The molecule has 36 heavy (non-hydrogen) atoms. The van der Waals surface area contributed by atoms with Gasteiger partial charge in [0.1, 0.15) is 0 Å². The summed E-state index contributed by atoms with van der Waals surface area (Å²) in [6, 6.07) is 27.8. The van der Waals surface area contributed by atoms with Crippen LogP contribution in [0.2, 0.25) is 5.02 Å². The Morgan fingerprint density at radius 1 is 0.694 bits per heavy atom. The highest BCUT2D eigenvalue weighted by atomic mass is 35.5. The summed E-state index contributed by atoms with van der Waals surface area (Å²) in [6.45, 7) is 0. The number of ketones is 1. The Morgan fingerprint density at radius 2 is 1.36 bits per heavy atom. The van der Waals surface area contributed by atoms with Gasteiger partial charge < -0.3 is 4.74 Å². The molecule has 4 aromatic carbocycles. The Hall–Kier alpha value is -4.55. The third kappa shape index (κ3) is 4.30. The van der Waals surface area contributed by atoms with Gasteiger partial charge in [-0.1, -0.05) is 78.3 Å². The van der Waals surface area contributed by atoms with Crippen LogP contribution < -0.4 is 4.90 Å². The Balaban J connectivity index is 1.45. The normalized spacial score (nSPS) is 13.3. The summed E-state index contributed by atoms with van der Waals surface area (Å²) in [4.78, 5) is 53.4. The zero-order valence-corrected chi connectivity index (χ0v) is 19.5. The van der Waals surface area contributed by atoms with E-state index in [1.54, 1.807) is 78.9 Å². The van der Waals surface area contributed by atoms with Crippen LogP contribution in [0.4, 0.5) is 5.69 Å². The zero-order chi connectivity index (χ0) is 25.2. The summed E-state index contributed by atoms with van der Waals surface area (Å²) in [5, 5.41) is 0.378. The number of fused-ring (bicyclic) bond motifs is 1. The number of carbonyl (C=O) groups is 4. The number of nitrogens with zero attached hydrogens (tertiary/aromatic N) is 1. The second-order valence-electron chi connectivity index (χ2n) is 8.11. The van der Waals surface area contributed by atoms with Gasteiger partial charge in [0.25, 0.3) is 11.8 Å². The first kappa shape index (κ1) is 23.2. The van der Waals surface area contributed by atoms with E-state index in [0.29, 0.717) is 21.8 Å². The maximum Gasteiger partial charge on any atom is 0.339 e. The molecule has 0 saturated carbocycles. The molecular formula is C29H18ClNO5. The third-order valence-electron chi connectivity index (χ3n) is 5.81. The van der Waals surface area contributed by atoms with Gasteiger partial charge >= 0.3 is 5.97 Å². The molecule has 1 atom stereocenters. The quantitative estimate of drug-likeness (QED) is 0.188. The van der Waals surface area contributed by atoms with E-state index in [4.69, 9.17) is 16.3 Å². The molecule has 0 unspecified atom stereocenters. The molecule has 0 aromatic heterocycles. The molecule has 7 heteroatoms. The van der Waals surface area contributed by atoms with Crippen molar-refractivity contribution in [1.29, 1.82) is 0 Å². The van der Waals surface area contributed by atoms with Crippen molar-refractivity contribution in [2.24, 2.45) is 0 Å². The predicted molar refractivity (Wildman–Crippen MR) is 134 cm³/mol. The monoisotopic (exact) mass is 495 g/mol. The summed E-state index contributed by atoms with van der Waals surface area (Å²) in [5.41, 5.74) is 1.52. The van der Waals surface area contributed by atoms with Crippen molar-refractivity contribution < 1.29 is 23.9 Å². The number of rotatable bonds is 6. The highest BCUT2D eigenvalue weighted by Gasteiger charge is 2.37. The van der Waals surface area contributed by atoms with Crippen molar-refractivity contribution in [2.45, 2.75) is 6.10 Å². The van der Waals surface area contributed by atoms with Gasteiger partial charge in [0.2, 0.25) is 5.78 Å². The molecule has 5 rings (SSSR count). The number of benzene rings is 4. The van der Waals surface area contributed by atoms with Crippen molar-refractivity contribution in [3.8, 4) is 0 Å². The second kappa shape index (κ2) is 9.60. The fourth-order valence-electron chi connectivity index (χ4n) is 4.05. The number of anilines is 1. The van der Waals surface area contributed by atoms with E-state index in [1.165, 1.54) is 24.3 Å². The van der Waals surface area contributed by atoms with E-state index < -0.39 is 23.9 Å². The Kier molecular flexibility index (Phi) is 6.19. The largest absolute Gasteiger partial charge is 0.445 e. The molecule has 1 aliphatic rings. The molecule has 6 nitrogen and oxygen atoms in total. The average Bonchev–Trinajstić information content (AvgIpc) is 3.16. The molecule has 0 bridgehead atoms. The van der Waals surface area contributed by atoms with Gasteiger partial charge in [0.05, 0.1) is 22.4 Å². The summed E-state index contributed by atoms with van der Waals surface area (Å²) < 4.78 is 5.67. The van der Waals surface area contributed by atoms with Gasteiger partial charge in [-0.3, -0.25) is 14.4 Å². The number of hydrogen-bond donors (Lipinski definition) is 0. The molecule has 0 aliphatic carbocycles. The van der Waals surface area contributed by atoms with E-state index in [2.05, 4.69) is 0 Å². The first-order valence-corrected chi connectivity index (χ1v) is 11.5. The van der Waals surface area contributed by atoms with Crippen LogP contribution in [-0.4, -0.2) is 23.6 Å². The lowest BCUT2D eigenvalue weighted by molar-refractivity contribution is 0.0280. The number of hydrogen-bond acceptors (Lipinski definition) is 5. The van der Waals surface area contributed by atoms with Crippen LogP contribution in [0.1, 0.15) is 53.1 Å². The molecule has 0 spiro atoms. The SMILES string of the molecule is O=C(O[C@@H](C(=O)c1ccccc1)c1ccccc1)c1ccc2c(c1)C(=O)N(c1cccc(Cl)c1)C2=O. The molecule has 0 saturated heterocycles. The van der Waals surface area contributed by atoms with Crippen molar-refractivity contribution in [3.63, 3.8) is 0 Å². The highest BCUT2D eigenvalue weighted by Crippen LogP contribution is 2.31. The van der Waals surface area contributed by atoms with Crippen LogP contribution in [0.5, 0.6) is 0 Å². The minimum atomic E-state index is -1.19. The van der Waals surface area contributed by atoms with Gasteiger partial charge in [-0.2, -0.15) is 0 Å². The number of halogens is 1. The summed E-state index contributed by atoms with van der Waals surface area (Å²) >= 11 is 6.03. The minimum absolute atomic E-state index is 0.0460. The van der Waals surface area contributed by atoms with Crippen molar-refractivity contribution in [1.82, 2.24) is 0 Å². The average molecular weight is 496 g/mol. The van der Waals surface area contributed by atoms with Gasteiger partial charge in [-0.25, -0.2) is 9.69 Å². The van der Waals surface area contributed by atoms with Crippen molar-refractivity contribution in [2.75, 3.05) is 4.90 Å². The summed E-state index contributed by atoms with van der Waals surface area (Å²) in [6.07, 6.45) is -1.19. The summed E-state index contributed by atoms with van der Waals surface area (Å²) in [5.74, 6) is -2.27. The smallest absolute Gasteiger partial charge is 0.339 e. The lowest BCUT2D eigenvalue weighted by Crippen LogP contribution is -2.29. The molecule has 1 heterocycles. The van der Waals surface area contributed by atoms with E-state index in [1.807, 2.05) is 0 Å². The van der Waals surface area contributed by atoms with Crippen LogP contribution in [0, 0.1) is 0 Å². The predicted octanol–water partition coefficient (Wildman–Crippen LogP) is 5.92. The Bertz CT molecular complexity index is 1500. The molecular weight excluding hydrogens is 478 g/mol. The van der Waals surface area contributed by atoms with Gasteiger partial charge in [0.15, 0.2) is 6.10 Å². The van der Waals surface area contributed by atoms with E-state index in [-0.39, 0.29) is 22.5 Å². The number of Topliss-reactive ketones (excluding diaryl/α,β-unsaturated/α-hetero) is 1. The lowest BCUT2D eigenvalue weighted by atomic mass is 9.99. The van der Waals surface area contributed by atoms with Crippen molar-refractivity contribution >= 4 is 40.9 Å². The number of carbonyl (C=O) groups excluding carboxylic acids is 4. The molecule has 4 aromatic rings. The van der Waals surface area contributed by atoms with E-state index in [0.717, 1.165) is 4.90 Å². The number of ether oxygens (including phenoxy) is 1. The fraction of sp³-hybridized carbons (Fsp3) is 0.0345. The van der Waals surface area contributed by atoms with E-state index in [9.17, 15) is 19.2 Å². The number of amides is 2. The maximum absolute atomic E-state index is 13.2. The molecule has 0 radical (unpaired) electrons. The second-order valence-corrected chi connectivity index (χ2v) is 8.55. The van der Waals surface area contributed by atoms with Crippen molar-refractivity contribution in [3.05, 3.63) is 136 Å². The molecule has 176 valence electrons. The lowest BCUT2D eigenvalue weighted by Gasteiger charge is -2.17. The van der Waals surface area contributed by atoms with Crippen LogP contribution in [0.25, 0.3) is 0 Å². The standard InChI is InChI=1S/C29H18ClNO5/c30-21-12-7-13-22(17-21)31-27(33)23-15-14-20(16-24(23)28(31)34)29(35)36-26(19-10-5-2-6-11-19)25(32)18-8-3-1-4-9-18/h1-17,26H/t26-/m1/s1. The van der Waals surface area contributed by atoms with Crippen LogP contribution in [-0.2, 0) is 4.74 Å². The first-order valence-electron chi connectivity index (χ1n) is 11.1. The van der Waals surface area contributed by atoms with Gasteiger partial charge in [0, 0.05) is 16.1 Å². The fourth-order valence-corrected chi connectivity index (χ4v) is 4.23. The molecule has 2 amide bonds. The maximum atomic E-state index is 13.2. The zero-order valence-electron chi connectivity index (χ0n) is 18.8. The Morgan fingerprint density at radius 3 is 2.06 bits per heavy atom. The molecule has 0 fully saturated rings.